The predicted molar refractivity (Wildman–Crippen MR) is 115 cm³/mol. The maximum Gasteiger partial charge on any atom is 0.191 e. The number of hydrogen-bond donors (Lipinski definition) is 3. The summed E-state index contributed by atoms with van der Waals surface area (Å²) in [6.45, 7) is 4.31. The minimum absolute atomic E-state index is 0.0551. The Labute approximate surface area is 172 Å². The zero-order valence-electron chi connectivity index (χ0n) is 15.7. The first-order valence-electron chi connectivity index (χ1n) is 9.16. The predicted octanol–water partition coefficient (Wildman–Crippen LogP) is 5.17. The van der Waals surface area contributed by atoms with Crippen molar-refractivity contribution in [3.63, 3.8) is 0 Å². The summed E-state index contributed by atoms with van der Waals surface area (Å²) in [6.07, 6.45) is 0. The Hall–Kier alpha value is -2.32. The fourth-order valence-corrected chi connectivity index (χ4v) is 4.76. The minimum Gasteiger partial charge on any atom is -0.392 e. The van der Waals surface area contributed by atoms with Crippen LogP contribution in [-0.4, -0.2) is 20.3 Å². The molecule has 4 aromatic rings. The Balaban J connectivity index is 1.45. The van der Waals surface area contributed by atoms with E-state index in [0.29, 0.717) is 0 Å². The zero-order chi connectivity index (χ0) is 19.5. The number of H-pyrrole nitrogens is 1. The lowest BCUT2D eigenvalue weighted by atomic mass is 10.1. The number of nitrogens with one attached hydrogen (secondary N) is 2. The van der Waals surface area contributed by atoms with Crippen molar-refractivity contribution in [2.24, 2.45) is 0 Å². The van der Waals surface area contributed by atoms with Gasteiger partial charge >= 0.3 is 0 Å². The van der Waals surface area contributed by atoms with E-state index in [1.165, 1.54) is 9.75 Å². The number of aliphatic hydroxyl groups is 1. The van der Waals surface area contributed by atoms with Crippen LogP contribution in [0.15, 0.2) is 53.9 Å². The summed E-state index contributed by atoms with van der Waals surface area (Å²) in [6, 6.07) is 16.6. The minimum atomic E-state index is 0.0551. The Kier molecular flexibility index (Phi) is 5.68. The van der Waals surface area contributed by atoms with Crippen LogP contribution in [0.3, 0.4) is 0 Å². The van der Waals surface area contributed by atoms with Gasteiger partial charge in [-0.1, -0.05) is 24.3 Å². The van der Waals surface area contributed by atoms with Gasteiger partial charge in [-0.25, -0.2) is 4.98 Å². The van der Waals surface area contributed by atoms with E-state index in [1.54, 1.807) is 22.7 Å². The van der Waals surface area contributed by atoms with Crippen LogP contribution in [0.5, 0.6) is 0 Å². The second kappa shape index (κ2) is 8.36. The number of aliphatic hydroxyl groups excluding tert-OH is 1. The first-order chi connectivity index (χ1) is 13.6. The molecule has 7 heteroatoms. The monoisotopic (exact) mass is 410 g/mol. The number of nitrogens with zero attached hydrogens (tertiary/aromatic N) is 2. The van der Waals surface area contributed by atoms with E-state index in [0.717, 1.165) is 27.7 Å². The Morgan fingerprint density at radius 1 is 1.07 bits per heavy atom. The van der Waals surface area contributed by atoms with Crippen LogP contribution >= 0.6 is 22.7 Å². The van der Waals surface area contributed by atoms with E-state index < -0.39 is 0 Å². The van der Waals surface area contributed by atoms with E-state index >= 15 is 0 Å². The largest absolute Gasteiger partial charge is 0.392 e. The van der Waals surface area contributed by atoms with Crippen molar-refractivity contribution < 1.29 is 5.11 Å². The number of aromatic amines is 1. The highest BCUT2D eigenvalue weighted by Crippen LogP contribution is 2.32. The summed E-state index contributed by atoms with van der Waals surface area (Å²) in [5.41, 5.74) is 2.07. The van der Waals surface area contributed by atoms with Gasteiger partial charge in [0.1, 0.15) is 5.82 Å². The van der Waals surface area contributed by atoms with E-state index in [4.69, 9.17) is 0 Å². The molecule has 2 unspecified atom stereocenters. The highest BCUT2D eigenvalue weighted by Gasteiger charge is 2.17. The summed E-state index contributed by atoms with van der Waals surface area (Å²) < 4.78 is 0. The van der Waals surface area contributed by atoms with Gasteiger partial charge in [-0.05, 0) is 54.6 Å². The SMILES string of the molecule is CC(NC(C)c1ccc(-c2cccc(CO)c2)s1)c1nc(-c2cccs2)n[nH]1. The molecule has 0 saturated heterocycles. The first-order valence-corrected chi connectivity index (χ1v) is 10.9. The van der Waals surface area contributed by atoms with Crippen LogP contribution < -0.4 is 5.32 Å². The van der Waals surface area contributed by atoms with Crippen LogP contribution in [0.4, 0.5) is 0 Å². The first kappa shape index (κ1) is 19.0. The number of rotatable bonds is 7. The number of hydrogen-bond acceptors (Lipinski definition) is 6. The molecule has 0 aliphatic carbocycles. The molecule has 3 aromatic heterocycles. The van der Waals surface area contributed by atoms with Gasteiger partial charge in [0.05, 0.1) is 17.5 Å². The molecule has 0 radical (unpaired) electrons. The zero-order valence-corrected chi connectivity index (χ0v) is 17.3. The fourth-order valence-electron chi connectivity index (χ4n) is 3.08. The molecule has 3 N–H and O–H groups in total. The molecule has 0 spiro atoms. The van der Waals surface area contributed by atoms with Crippen LogP contribution in [0, 0.1) is 0 Å². The molecule has 3 heterocycles. The van der Waals surface area contributed by atoms with Crippen molar-refractivity contribution in [2.45, 2.75) is 32.5 Å². The van der Waals surface area contributed by atoms with Crippen molar-refractivity contribution in [1.29, 1.82) is 0 Å². The molecule has 4 rings (SSSR count). The smallest absolute Gasteiger partial charge is 0.191 e. The molecule has 5 nitrogen and oxygen atoms in total. The second-order valence-electron chi connectivity index (χ2n) is 6.69. The second-order valence-corrected chi connectivity index (χ2v) is 8.76. The molecule has 1 aromatic carbocycles. The topological polar surface area (TPSA) is 73.8 Å². The summed E-state index contributed by atoms with van der Waals surface area (Å²) in [7, 11) is 0. The van der Waals surface area contributed by atoms with Crippen molar-refractivity contribution in [3.8, 4) is 21.1 Å². The maximum absolute atomic E-state index is 9.35. The van der Waals surface area contributed by atoms with Crippen molar-refractivity contribution in [2.75, 3.05) is 0 Å². The van der Waals surface area contributed by atoms with E-state index in [1.807, 2.05) is 35.7 Å². The lowest BCUT2D eigenvalue weighted by molar-refractivity contribution is 0.282. The molecule has 0 aliphatic rings. The summed E-state index contributed by atoms with van der Waals surface area (Å²) >= 11 is 3.40. The molecule has 0 saturated carbocycles. The molecular weight excluding hydrogens is 388 g/mol. The lowest BCUT2D eigenvalue weighted by Gasteiger charge is -2.17. The fraction of sp³-hybridized carbons (Fsp3) is 0.238. The van der Waals surface area contributed by atoms with Crippen molar-refractivity contribution in [1.82, 2.24) is 20.5 Å². The van der Waals surface area contributed by atoms with Gasteiger partial charge in [-0.2, -0.15) is 5.10 Å². The normalized spacial score (nSPS) is 13.5. The number of aromatic nitrogens is 3. The molecule has 0 fully saturated rings. The van der Waals surface area contributed by atoms with Crippen LogP contribution in [0.2, 0.25) is 0 Å². The van der Waals surface area contributed by atoms with Gasteiger partial charge in [-0.15, -0.1) is 22.7 Å². The molecule has 2 atom stereocenters. The molecule has 28 heavy (non-hydrogen) atoms. The molecule has 144 valence electrons. The summed E-state index contributed by atoms with van der Waals surface area (Å²) in [5, 5.41) is 22.4. The maximum atomic E-state index is 9.35. The highest BCUT2D eigenvalue weighted by atomic mass is 32.1. The standard InChI is InChI=1S/C21H22N4OS2/c1-13(17-8-9-18(28-17)16-6-3-5-15(11-16)12-26)22-14(2)20-23-21(25-24-20)19-7-4-10-27-19/h3-11,13-14,22,26H,12H2,1-2H3,(H,23,24,25). The van der Waals surface area contributed by atoms with E-state index in [9.17, 15) is 5.11 Å². The van der Waals surface area contributed by atoms with Gasteiger partial charge in [0, 0.05) is 15.8 Å². The molecule has 0 bridgehead atoms. The average Bonchev–Trinajstić information content (AvgIpc) is 3.48. The molecular formula is C21H22N4OS2. The number of thiophene rings is 2. The number of benzene rings is 1. The third kappa shape index (κ3) is 4.07. The lowest BCUT2D eigenvalue weighted by Crippen LogP contribution is -2.22. The summed E-state index contributed by atoms with van der Waals surface area (Å²) in [5.74, 6) is 1.58. The van der Waals surface area contributed by atoms with Crippen LogP contribution in [0.1, 0.15) is 42.2 Å². The Bertz CT molecular complexity index is 1040. The van der Waals surface area contributed by atoms with Gasteiger partial charge < -0.3 is 10.4 Å². The van der Waals surface area contributed by atoms with Crippen LogP contribution in [-0.2, 0) is 6.61 Å². The van der Waals surface area contributed by atoms with Gasteiger partial charge in [0.25, 0.3) is 0 Å². The van der Waals surface area contributed by atoms with E-state index in [2.05, 4.69) is 52.5 Å². The third-order valence-electron chi connectivity index (χ3n) is 4.60. The summed E-state index contributed by atoms with van der Waals surface area (Å²) in [4.78, 5) is 8.16. The van der Waals surface area contributed by atoms with E-state index in [-0.39, 0.29) is 18.7 Å². The van der Waals surface area contributed by atoms with Crippen molar-refractivity contribution >= 4 is 22.7 Å². The highest BCUT2D eigenvalue weighted by molar-refractivity contribution is 7.15. The van der Waals surface area contributed by atoms with Gasteiger partial charge in [0.15, 0.2) is 5.82 Å². The Morgan fingerprint density at radius 3 is 2.75 bits per heavy atom. The quantitative estimate of drug-likeness (QED) is 0.393. The Morgan fingerprint density at radius 2 is 1.96 bits per heavy atom. The van der Waals surface area contributed by atoms with Gasteiger partial charge in [0.2, 0.25) is 0 Å². The average molecular weight is 411 g/mol. The molecule has 0 aliphatic heterocycles. The van der Waals surface area contributed by atoms with Crippen molar-refractivity contribution in [3.05, 3.63) is 70.2 Å². The van der Waals surface area contributed by atoms with Gasteiger partial charge in [-0.3, -0.25) is 5.10 Å². The third-order valence-corrected chi connectivity index (χ3v) is 6.78. The van der Waals surface area contributed by atoms with Crippen LogP contribution in [0.25, 0.3) is 21.1 Å². The molecule has 0 amide bonds.